The van der Waals surface area contributed by atoms with E-state index in [1.807, 2.05) is 0 Å². The Balaban J connectivity index is 0. The van der Waals surface area contributed by atoms with Gasteiger partial charge in [-0.1, -0.05) is 0 Å². The SMILES string of the molecule is NC(N)=O.O=C(O)C(=O)O. The van der Waals surface area contributed by atoms with Crippen molar-refractivity contribution in [3.63, 3.8) is 0 Å². The summed E-state index contributed by atoms with van der Waals surface area (Å²) in [4.78, 5) is 27.2. The molecule has 0 spiro atoms. The molecule has 7 nitrogen and oxygen atoms in total. The molecule has 0 aliphatic heterocycles. The second-order valence-electron chi connectivity index (χ2n) is 1.01. The van der Waals surface area contributed by atoms with Crippen LogP contribution in [0.15, 0.2) is 0 Å². The van der Waals surface area contributed by atoms with E-state index in [0.29, 0.717) is 0 Å². The van der Waals surface area contributed by atoms with Crippen molar-refractivity contribution in [1.82, 2.24) is 0 Å². The Morgan fingerprint density at radius 2 is 1.00 bits per heavy atom. The van der Waals surface area contributed by atoms with Crippen LogP contribution in [-0.2, 0) is 9.59 Å². The molecular weight excluding hydrogens is 144 g/mol. The van der Waals surface area contributed by atoms with Crippen LogP contribution in [-0.4, -0.2) is 28.2 Å². The zero-order valence-corrected chi connectivity index (χ0v) is 4.77. The summed E-state index contributed by atoms with van der Waals surface area (Å²) < 4.78 is 0. The largest absolute Gasteiger partial charge is 0.473 e. The molecule has 0 atom stereocenters. The van der Waals surface area contributed by atoms with Crippen molar-refractivity contribution < 1.29 is 24.6 Å². The van der Waals surface area contributed by atoms with E-state index < -0.39 is 18.0 Å². The van der Waals surface area contributed by atoms with Crippen LogP contribution in [0, 0.1) is 0 Å². The van der Waals surface area contributed by atoms with Gasteiger partial charge in [0, 0.05) is 0 Å². The highest BCUT2D eigenvalue weighted by Gasteiger charge is 2.04. The Morgan fingerprint density at radius 1 is 0.900 bits per heavy atom. The topological polar surface area (TPSA) is 144 Å². The second-order valence-corrected chi connectivity index (χ2v) is 1.01. The van der Waals surface area contributed by atoms with Gasteiger partial charge in [0.15, 0.2) is 0 Å². The quantitative estimate of drug-likeness (QED) is 0.300. The number of primary amides is 2. The molecule has 0 aliphatic carbocycles. The number of carbonyl (C=O) groups excluding carboxylic acids is 1. The van der Waals surface area contributed by atoms with Crippen molar-refractivity contribution in [3.8, 4) is 0 Å². The first-order chi connectivity index (χ1) is 4.37. The molecule has 0 bridgehead atoms. The molecule has 0 saturated heterocycles. The molecule has 6 N–H and O–H groups in total. The van der Waals surface area contributed by atoms with Crippen LogP contribution in [0.2, 0.25) is 0 Å². The number of nitrogens with two attached hydrogens (primary N) is 2. The molecule has 2 amide bonds. The van der Waals surface area contributed by atoms with Gasteiger partial charge in [-0.25, -0.2) is 14.4 Å². The van der Waals surface area contributed by atoms with Crippen LogP contribution in [0.3, 0.4) is 0 Å². The van der Waals surface area contributed by atoms with Crippen molar-refractivity contribution in [2.24, 2.45) is 11.5 Å². The third kappa shape index (κ3) is 34.5. The Labute approximate surface area is 55.2 Å². The van der Waals surface area contributed by atoms with Crippen molar-refractivity contribution in [2.45, 2.75) is 0 Å². The average molecular weight is 150 g/mol. The standard InChI is InChI=1S/C2H2O4.CH4N2O/c3-1(4)2(5)6;2-1(3)4/h(H,3,4)(H,5,6);(H4,2,3,4). The van der Waals surface area contributed by atoms with Gasteiger partial charge >= 0.3 is 18.0 Å². The molecule has 0 heterocycles. The summed E-state index contributed by atoms with van der Waals surface area (Å²) in [5.41, 5.74) is 8.50. The van der Waals surface area contributed by atoms with Crippen molar-refractivity contribution in [3.05, 3.63) is 0 Å². The Morgan fingerprint density at radius 3 is 1.00 bits per heavy atom. The van der Waals surface area contributed by atoms with Gasteiger partial charge in [-0.2, -0.15) is 0 Å². The summed E-state index contributed by atoms with van der Waals surface area (Å²) in [5, 5.41) is 14.8. The van der Waals surface area contributed by atoms with Crippen LogP contribution < -0.4 is 11.5 Å². The molecule has 58 valence electrons. The molecule has 0 rings (SSSR count). The molecule has 0 radical (unpaired) electrons. The Kier molecular flexibility index (Phi) is 5.92. The first-order valence-corrected chi connectivity index (χ1v) is 1.89. The van der Waals surface area contributed by atoms with E-state index in [1.54, 1.807) is 0 Å². The van der Waals surface area contributed by atoms with Gasteiger partial charge in [0.1, 0.15) is 0 Å². The lowest BCUT2D eigenvalue weighted by molar-refractivity contribution is -0.159. The minimum absolute atomic E-state index is 0.833. The predicted molar refractivity (Wildman–Crippen MR) is 29.0 cm³/mol. The van der Waals surface area contributed by atoms with Crippen molar-refractivity contribution >= 4 is 18.0 Å². The van der Waals surface area contributed by atoms with Crippen LogP contribution >= 0.6 is 0 Å². The van der Waals surface area contributed by atoms with Crippen molar-refractivity contribution in [1.29, 1.82) is 0 Å². The normalized spacial score (nSPS) is 6.80. The van der Waals surface area contributed by atoms with E-state index in [-0.39, 0.29) is 0 Å². The molecular formula is C3H6N2O5. The fourth-order valence-corrected chi connectivity index (χ4v) is 0. The number of aliphatic carboxylic acids is 2. The van der Waals surface area contributed by atoms with E-state index in [2.05, 4.69) is 11.5 Å². The van der Waals surface area contributed by atoms with E-state index in [0.717, 1.165) is 0 Å². The molecule has 0 aliphatic rings. The number of rotatable bonds is 0. The van der Waals surface area contributed by atoms with Gasteiger partial charge in [-0.3, -0.25) is 0 Å². The van der Waals surface area contributed by atoms with Crippen LogP contribution in [0.25, 0.3) is 0 Å². The number of urea groups is 1. The van der Waals surface area contributed by atoms with Gasteiger partial charge in [0.25, 0.3) is 0 Å². The fraction of sp³-hybridized carbons (Fsp3) is 0. The first-order valence-electron chi connectivity index (χ1n) is 1.89. The van der Waals surface area contributed by atoms with Crippen molar-refractivity contribution in [2.75, 3.05) is 0 Å². The van der Waals surface area contributed by atoms with Crippen LogP contribution in [0.1, 0.15) is 0 Å². The lowest BCUT2D eigenvalue weighted by atomic mass is 10.7. The van der Waals surface area contributed by atoms with Gasteiger partial charge in [-0.15, -0.1) is 0 Å². The van der Waals surface area contributed by atoms with Gasteiger partial charge in [0.05, 0.1) is 0 Å². The maximum atomic E-state index is 9.10. The molecule has 0 aromatic heterocycles. The predicted octanol–water partition coefficient (Wildman–Crippen LogP) is -1.82. The molecule has 0 unspecified atom stereocenters. The zero-order chi connectivity index (χ0) is 8.73. The lowest BCUT2D eigenvalue weighted by Crippen LogP contribution is -2.18. The van der Waals surface area contributed by atoms with E-state index in [4.69, 9.17) is 24.6 Å². The smallest absolute Gasteiger partial charge is 0.414 e. The lowest BCUT2D eigenvalue weighted by Gasteiger charge is -1.72. The minimum atomic E-state index is -1.82. The molecule has 0 saturated carbocycles. The van der Waals surface area contributed by atoms with E-state index in [9.17, 15) is 0 Å². The third-order valence-corrected chi connectivity index (χ3v) is 0.183. The Hall–Kier alpha value is -1.79. The number of carboxylic acid groups (broad SMARTS) is 2. The zero-order valence-electron chi connectivity index (χ0n) is 4.77. The van der Waals surface area contributed by atoms with Gasteiger partial charge in [-0.05, 0) is 0 Å². The third-order valence-electron chi connectivity index (χ3n) is 0.183. The second kappa shape index (κ2) is 5.35. The van der Waals surface area contributed by atoms with Crippen LogP contribution in [0.4, 0.5) is 4.79 Å². The maximum absolute atomic E-state index is 9.10. The summed E-state index contributed by atoms with van der Waals surface area (Å²) in [7, 11) is 0. The number of carbonyl (C=O) groups is 3. The highest BCUT2D eigenvalue weighted by atomic mass is 16.4. The molecule has 0 aromatic carbocycles. The average Bonchev–Trinajstić information content (AvgIpc) is 1.63. The molecule has 0 aromatic rings. The molecule has 7 heteroatoms. The summed E-state index contributed by atoms with van der Waals surface area (Å²) in [6.45, 7) is 0. The van der Waals surface area contributed by atoms with E-state index in [1.165, 1.54) is 0 Å². The highest BCUT2D eigenvalue weighted by molar-refractivity contribution is 6.27. The van der Waals surface area contributed by atoms with Gasteiger partial charge in [0.2, 0.25) is 0 Å². The Bertz CT molecular complexity index is 137. The number of hydrogen-bond acceptors (Lipinski definition) is 3. The number of carboxylic acids is 2. The maximum Gasteiger partial charge on any atom is 0.414 e. The fourth-order valence-electron chi connectivity index (χ4n) is 0. The summed E-state index contributed by atoms with van der Waals surface area (Å²) in [5.74, 6) is -3.65. The molecule has 0 fully saturated rings. The summed E-state index contributed by atoms with van der Waals surface area (Å²) >= 11 is 0. The molecule has 10 heavy (non-hydrogen) atoms. The minimum Gasteiger partial charge on any atom is -0.473 e. The summed E-state index contributed by atoms with van der Waals surface area (Å²) in [6.07, 6.45) is 0. The summed E-state index contributed by atoms with van der Waals surface area (Å²) in [6, 6.07) is -0.833. The number of hydrogen-bond donors (Lipinski definition) is 4. The number of amides is 2. The highest BCUT2D eigenvalue weighted by Crippen LogP contribution is 1.56. The van der Waals surface area contributed by atoms with Gasteiger partial charge < -0.3 is 21.7 Å². The monoisotopic (exact) mass is 150 g/mol. The van der Waals surface area contributed by atoms with Crippen LogP contribution in [0.5, 0.6) is 0 Å². The first kappa shape index (κ1) is 11.1. The van der Waals surface area contributed by atoms with E-state index >= 15 is 0 Å².